The van der Waals surface area contributed by atoms with Gasteiger partial charge in [0.05, 0.1) is 22.9 Å². The van der Waals surface area contributed by atoms with Crippen molar-refractivity contribution in [3.8, 4) is 27.5 Å². The number of halogens is 3. The van der Waals surface area contributed by atoms with Gasteiger partial charge in [-0.2, -0.15) is 5.10 Å². The van der Waals surface area contributed by atoms with Gasteiger partial charge in [-0.25, -0.2) is 36.0 Å². The van der Waals surface area contributed by atoms with Gasteiger partial charge in [0.2, 0.25) is 5.13 Å². The standard InChI is InChI=1S/C31H24F3N3O4S2/c1-2-41-30(38)26-16-42-31(35-26)37-29(19-4-5-19)23(13-17-3-12-27(43(39)40)25(34)14-17)28(36-37)20-8-11-24(33)22(15-20)18-6-9-21(32)10-7-18/h3,6-12,14-16,19,43H,2,4-5,13H2,1H3. The zero-order chi connectivity index (χ0) is 30.2. The number of thiol groups is 1. The van der Waals surface area contributed by atoms with E-state index >= 15 is 4.39 Å². The fraction of sp³-hybridized carbons (Fsp3) is 0.194. The van der Waals surface area contributed by atoms with E-state index in [0.717, 1.165) is 24.1 Å². The van der Waals surface area contributed by atoms with E-state index < -0.39 is 39.0 Å². The van der Waals surface area contributed by atoms with Crippen molar-refractivity contribution in [2.24, 2.45) is 0 Å². The van der Waals surface area contributed by atoms with E-state index in [0.29, 0.717) is 27.5 Å². The van der Waals surface area contributed by atoms with E-state index in [2.05, 4.69) is 4.98 Å². The average Bonchev–Trinajstić information content (AvgIpc) is 3.57. The highest BCUT2D eigenvalue weighted by Gasteiger charge is 2.34. The molecule has 1 aliphatic carbocycles. The van der Waals surface area contributed by atoms with Crippen molar-refractivity contribution in [2.75, 3.05) is 6.61 Å². The predicted octanol–water partition coefficient (Wildman–Crippen LogP) is 6.70. The lowest BCUT2D eigenvalue weighted by atomic mass is 9.95. The van der Waals surface area contributed by atoms with E-state index in [4.69, 9.17) is 9.84 Å². The second kappa shape index (κ2) is 11.8. The lowest BCUT2D eigenvalue weighted by Gasteiger charge is -2.10. The second-order valence-corrected chi connectivity index (χ2v) is 11.9. The summed E-state index contributed by atoms with van der Waals surface area (Å²) in [5.41, 5.74) is 4.03. The van der Waals surface area contributed by atoms with Gasteiger partial charge in [-0.3, -0.25) is 0 Å². The van der Waals surface area contributed by atoms with Crippen molar-refractivity contribution in [1.82, 2.24) is 14.8 Å². The lowest BCUT2D eigenvalue weighted by molar-refractivity contribution is 0.0520. The number of nitrogens with zero attached hydrogens (tertiary/aromatic N) is 3. The molecule has 0 radical (unpaired) electrons. The van der Waals surface area contributed by atoms with E-state index in [1.807, 2.05) is 0 Å². The summed E-state index contributed by atoms with van der Waals surface area (Å²) >= 11 is 1.22. The molecule has 5 aromatic rings. The maximum Gasteiger partial charge on any atom is 0.357 e. The Labute approximate surface area is 250 Å². The van der Waals surface area contributed by atoms with Crippen LogP contribution in [0.5, 0.6) is 0 Å². The van der Waals surface area contributed by atoms with Gasteiger partial charge >= 0.3 is 5.97 Å². The summed E-state index contributed by atoms with van der Waals surface area (Å²) in [5, 5.41) is 6.94. The molecule has 43 heavy (non-hydrogen) atoms. The Morgan fingerprint density at radius 3 is 2.42 bits per heavy atom. The maximum absolute atomic E-state index is 15.0. The van der Waals surface area contributed by atoms with Crippen LogP contribution in [-0.4, -0.2) is 35.8 Å². The monoisotopic (exact) mass is 623 g/mol. The molecule has 0 atom stereocenters. The summed E-state index contributed by atoms with van der Waals surface area (Å²) in [6.07, 6.45) is 1.96. The second-order valence-electron chi connectivity index (χ2n) is 10.1. The Morgan fingerprint density at radius 1 is 1.00 bits per heavy atom. The van der Waals surface area contributed by atoms with Gasteiger partial charge < -0.3 is 4.74 Å². The summed E-state index contributed by atoms with van der Waals surface area (Å²) in [7, 11) is -3.10. The number of hydrogen-bond donors (Lipinski definition) is 1. The molecule has 0 bridgehead atoms. The summed E-state index contributed by atoms with van der Waals surface area (Å²) in [6, 6.07) is 14.0. The molecule has 1 fully saturated rings. The minimum absolute atomic E-state index is 0.114. The zero-order valence-electron chi connectivity index (χ0n) is 22.7. The highest BCUT2D eigenvalue weighted by Crippen LogP contribution is 2.46. The third kappa shape index (κ3) is 5.84. The molecule has 0 spiro atoms. The lowest BCUT2D eigenvalue weighted by Crippen LogP contribution is -2.07. The van der Waals surface area contributed by atoms with Crippen molar-refractivity contribution in [3.63, 3.8) is 0 Å². The summed E-state index contributed by atoms with van der Waals surface area (Å²) in [6.45, 7) is 1.90. The Balaban J connectivity index is 1.52. The topological polar surface area (TPSA) is 91.2 Å². The molecule has 2 aromatic heterocycles. The van der Waals surface area contributed by atoms with Crippen molar-refractivity contribution >= 4 is 28.0 Å². The van der Waals surface area contributed by atoms with Crippen molar-refractivity contribution in [2.45, 2.75) is 37.0 Å². The van der Waals surface area contributed by atoms with Crippen LogP contribution < -0.4 is 0 Å². The Hall–Kier alpha value is -4.29. The molecule has 1 aliphatic rings. The Bertz CT molecular complexity index is 1920. The number of thiazole rings is 1. The Kier molecular flexibility index (Phi) is 7.89. The molecular weight excluding hydrogens is 599 g/mol. The van der Waals surface area contributed by atoms with Crippen LogP contribution in [0.15, 0.2) is 70.9 Å². The van der Waals surface area contributed by atoms with Crippen LogP contribution in [-0.2, 0) is 21.9 Å². The van der Waals surface area contributed by atoms with E-state index in [9.17, 15) is 22.0 Å². The highest BCUT2D eigenvalue weighted by atomic mass is 32.2. The fourth-order valence-electron chi connectivity index (χ4n) is 4.99. The van der Waals surface area contributed by atoms with Gasteiger partial charge in [-0.1, -0.05) is 18.2 Å². The smallest absolute Gasteiger partial charge is 0.357 e. The largest absolute Gasteiger partial charge is 0.461 e. The molecule has 2 heterocycles. The quantitative estimate of drug-likeness (QED) is 0.145. The molecule has 0 amide bonds. The fourth-order valence-corrected chi connectivity index (χ4v) is 6.18. The first-order valence-electron chi connectivity index (χ1n) is 13.5. The first-order chi connectivity index (χ1) is 20.7. The zero-order valence-corrected chi connectivity index (χ0v) is 24.4. The van der Waals surface area contributed by atoms with Crippen LogP contribution in [0, 0.1) is 17.5 Å². The van der Waals surface area contributed by atoms with Crippen LogP contribution in [0.4, 0.5) is 13.2 Å². The average molecular weight is 624 g/mol. The molecule has 0 unspecified atom stereocenters. The SMILES string of the molecule is CCOC(=O)c1csc(-n2nc(-c3ccc(F)c(-c4ccc(F)cc4)c3)c(Cc3ccc([SH](=O)=O)c(F)c3)c2C2CC2)n1. The molecule has 6 rings (SSSR count). The van der Waals surface area contributed by atoms with Crippen molar-refractivity contribution in [1.29, 1.82) is 0 Å². The third-order valence-corrected chi connectivity index (χ3v) is 8.70. The number of aromatic nitrogens is 3. The van der Waals surface area contributed by atoms with Gasteiger partial charge in [0.1, 0.15) is 17.5 Å². The molecule has 1 saturated carbocycles. The Morgan fingerprint density at radius 2 is 1.74 bits per heavy atom. The first kappa shape index (κ1) is 28.8. The molecule has 0 N–H and O–H groups in total. The molecule has 12 heteroatoms. The number of esters is 1. The third-order valence-electron chi connectivity index (χ3n) is 7.13. The van der Waals surface area contributed by atoms with Gasteiger partial charge in [0.15, 0.2) is 16.4 Å². The van der Waals surface area contributed by atoms with Crippen molar-refractivity contribution in [3.05, 3.63) is 106 Å². The number of carbonyl (C=O) groups excluding carboxylic acids is 1. The van der Waals surface area contributed by atoms with E-state index in [1.54, 1.807) is 35.2 Å². The number of carbonyl (C=O) groups is 1. The summed E-state index contributed by atoms with van der Waals surface area (Å²) in [4.78, 5) is 16.4. The molecule has 7 nitrogen and oxygen atoms in total. The van der Waals surface area contributed by atoms with Crippen LogP contribution in [0.3, 0.4) is 0 Å². The minimum Gasteiger partial charge on any atom is -0.461 e. The van der Waals surface area contributed by atoms with Gasteiger partial charge in [0, 0.05) is 34.4 Å². The van der Waals surface area contributed by atoms with Crippen LogP contribution in [0.2, 0.25) is 0 Å². The number of rotatable bonds is 9. The van der Waals surface area contributed by atoms with Crippen LogP contribution in [0.1, 0.15) is 53.0 Å². The molecule has 0 aliphatic heterocycles. The normalized spacial score (nSPS) is 13.0. The molecule has 220 valence electrons. The van der Waals surface area contributed by atoms with Crippen molar-refractivity contribution < 1.29 is 31.1 Å². The highest BCUT2D eigenvalue weighted by molar-refractivity contribution is 7.72. The molecule has 3 aromatic carbocycles. The van der Waals surface area contributed by atoms with Crippen LogP contribution in [0.25, 0.3) is 27.5 Å². The van der Waals surface area contributed by atoms with Gasteiger partial charge in [0.25, 0.3) is 0 Å². The van der Waals surface area contributed by atoms with Gasteiger partial charge in [-0.05, 0) is 73.4 Å². The predicted molar refractivity (Wildman–Crippen MR) is 156 cm³/mol. The summed E-state index contributed by atoms with van der Waals surface area (Å²) in [5.74, 6) is -2.23. The molecular formula is C31H24F3N3O4S2. The van der Waals surface area contributed by atoms with Gasteiger partial charge in [-0.15, -0.1) is 11.3 Å². The van der Waals surface area contributed by atoms with Crippen LogP contribution >= 0.6 is 11.3 Å². The molecule has 0 saturated heterocycles. The number of hydrogen-bond acceptors (Lipinski definition) is 7. The van der Waals surface area contributed by atoms with E-state index in [1.165, 1.54) is 53.8 Å². The minimum atomic E-state index is -3.10. The van der Waals surface area contributed by atoms with E-state index in [-0.39, 0.29) is 30.2 Å². The summed E-state index contributed by atoms with van der Waals surface area (Å²) < 4.78 is 72.9. The number of ether oxygens (including phenoxy) is 1. The number of benzene rings is 3. The first-order valence-corrected chi connectivity index (χ1v) is 15.5. The maximum atomic E-state index is 15.0.